The normalized spacial score (nSPS) is 12.1. The Balaban J connectivity index is 1.53. The molecule has 1 heterocycles. The van der Waals surface area contributed by atoms with Gasteiger partial charge in [-0.05, 0) is 59.8 Å². The topological polar surface area (TPSA) is 83.3 Å². The van der Waals surface area contributed by atoms with Crippen molar-refractivity contribution in [3.05, 3.63) is 71.8 Å². The van der Waals surface area contributed by atoms with Gasteiger partial charge in [0.1, 0.15) is 11.0 Å². The number of carbonyl (C=O) groups is 2. The van der Waals surface area contributed by atoms with Crippen molar-refractivity contribution in [3.8, 4) is 22.3 Å². The Morgan fingerprint density at radius 2 is 1.04 bits per heavy atom. The van der Waals surface area contributed by atoms with Gasteiger partial charge >= 0.3 is 11.9 Å². The van der Waals surface area contributed by atoms with Gasteiger partial charge in [0.2, 0.25) is 0 Å². The molecule has 46 heavy (non-hydrogen) atoms. The molecule has 0 saturated carbocycles. The van der Waals surface area contributed by atoms with Crippen LogP contribution in [0.4, 0.5) is 0 Å². The molecule has 4 aromatic rings. The molecule has 0 radical (unpaired) electrons. The highest BCUT2D eigenvalue weighted by atomic mass is 16.6. The fourth-order valence-corrected chi connectivity index (χ4v) is 5.67. The smallest absolute Gasteiger partial charge is 0.320 e. The number of hydrogen-bond donors (Lipinski definition) is 0. The summed E-state index contributed by atoms with van der Waals surface area (Å²) in [4.78, 5) is 26.4. The van der Waals surface area contributed by atoms with Gasteiger partial charge in [0.15, 0.2) is 5.92 Å². The lowest BCUT2D eigenvalue weighted by Gasteiger charge is -2.19. The Kier molecular flexibility index (Phi) is 11.4. The van der Waals surface area contributed by atoms with Gasteiger partial charge in [0, 0.05) is 11.1 Å². The maximum absolute atomic E-state index is 12.3. The molecular weight excluding hydrogens is 574 g/mol. The Labute approximate surface area is 274 Å². The lowest BCUT2D eigenvalue weighted by atomic mass is 9.85. The summed E-state index contributed by atoms with van der Waals surface area (Å²) in [7, 11) is 0. The van der Waals surface area contributed by atoms with Crippen molar-refractivity contribution in [2.24, 2.45) is 5.92 Å². The molecule has 0 aliphatic carbocycles. The minimum atomic E-state index is -0.857. The van der Waals surface area contributed by atoms with E-state index in [1.54, 1.807) is 13.8 Å². The lowest BCUT2D eigenvalue weighted by Crippen LogP contribution is -2.28. The molecule has 0 fully saturated rings. The minimum absolute atomic E-state index is 0.0819. The number of ether oxygens (including phenoxy) is 2. The zero-order chi connectivity index (χ0) is 33.5. The number of hydrogen-bond acceptors (Lipinski definition) is 6. The predicted octanol–water partition coefficient (Wildman–Crippen LogP) is 9.05. The van der Waals surface area contributed by atoms with E-state index in [0.717, 1.165) is 59.0 Å². The maximum atomic E-state index is 12.3. The second-order valence-corrected chi connectivity index (χ2v) is 14.1. The summed E-state index contributed by atoms with van der Waals surface area (Å²) in [6, 6.07) is 21.9. The third-order valence-corrected chi connectivity index (χ3v) is 8.45. The molecule has 0 aliphatic rings. The first-order chi connectivity index (χ1) is 21.8. The number of carbonyl (C=O) groups excluding carboxylic acids is 2. The first kappa shape index (κ1) is 34.9. The van der Waals surface area contributed by atoms with Gasteiger partial charge in [0.05, 0.1) is 19.8 Å². The van der Waals surface area contributed by atoms with Gasteiger partial charge in [-0.25, -0.2) is 0 Å². The highest BCUT2D eigenvalue weighted by molar-refractivity contribution is 6.00. The quantitative estimate of drug-likeness (QED) is 0.0837. The molecule has 4 rings (SSSR count). The Bertz CT molecular complexity index is 1490. The van der Waals surface area contributed by atoms with Crippen LogP contribution in [0.15, 0.2) is 60.7 Å². The largest absolute Gasteiger partial charge is 0.465 e. The second kappa shape index (κ2) is 15.1. The van der Waals surface area contributed by atoms with Crippen LogP contribution < -0.4 is 0 Å². The summed E-state index contributed by atoms with van der Waals surface area (Å²) in [5.74, 6) is -1.85. The fourth-order valence-electron chi connectivity index (χ4n) is 5.67. The predicted molar refractivity (Wildman–Crippen MR) is 186 cm³/mol. The van der Waals surface area contributed by atoms with Gasteiger partial charge < -0.3 is 9.47 Å². The Morgan fingerprint density at radius 3 is 1.43 bits per heavy atom. The van der Waals surface area contributed by atoms with Gasteiger partial charge in [-0.2, -0.15) is 15.0 Å². The standard InChI is InChI=1S/C39H51N3O4/c1-9-45-36(43)33(37(44)46-10-2)15-13-11-12-14-26-42-40-34-31(27-16-20-29(21-17-27)38(3,4)5)24-25-32(35(34)41-42)28-18-22-30(23-19-28)39(6,7)8/h16-25,33H,9-15,26H2,1-8H3. The summed E-state index contributed by atoms with van der Waals surface area (Å²) >= 11 is 0. The van der Waals surface area contributed by atoms with E-state index in [0.29, 0.717) is 13.0 Å². The third-order valence-electron chi connectivity index (χ3n) is 8.45. The van der Waals surface area contributed by atoms with E-state index in [1.165, 1.54) is 11.1 Å². The first-order valence-corrected chi connectivity index (χ1v) is 16.8. The van der Waals surface area contributed by atoms with Crippen molar-refractivity contribution in [2.75, 3.05) is 13.2 Å². The van der Waals surface area contributed by atoms with E-state index < -0.39 is 17.9 Å². The van der Waals surface area contributed by atoms with Crippen molar-refractivity contribution in [1.82, 2.24) is 15.0 Å². The first-order valence-electron chi connectivity index (χ1n) is 16.8. The molecule has 0 bridgehead atoms. The Morgan fingerprint density at radius 1 is 0.630 bits per heavy atom. The molecule has 0 N–H and O–H groups in total. The molecule has 1 aromatic heterocycles. The average Bonchev–Trinajstić information content (AvgIpc) is 3.44. The average molecular weight is 626 g/mol. The van der Waals surface area contributed by atoms with E-state index in [2.05, 4.69) is 102 Å². The number of benzene rings is 3. The van der Waals surface area contributed by atoms with Gasteiger partial charge in [-0.3, -0.25) is 9.59 Å². The molecule has 0 saturated heterocycles. The van der Waals surface area contributed by atoms with Gasteiger partial charge in [0.25, 0.3) is 0 Å². The molecule has 246 valence electrons. The molecule has 0 amide bonds. The molecule has 7 nitrogen and oxygen atoms in total. The zero-order valence-electron chi connectivity index (χ0n) is 29.0. The van der Waals surface area contributed by atoms with Crippen LogP contribution in [-0.2, 0) is 36.4 Å². The van der Waals surface area contributed by atoms with E-state index in [9.17, 15) is 9.59 Å². The highest BCUT2D eigenvalue weighted by Gasteiger charge is 2.28. The van der Waals surface area contributed by atoms with Crippen LogP contribution in [0.1, 0.15) is 98.6 Å². The molecule has 0 atom stereocenters. The van der Waals surface area contributed by atoms with Crippen molar-refractivity contribution in [2.45, 2.75) is 105 Å². The SMILES string of the molecule is CCOC(=O)C(CCCCCCn1nc2c(-c3ccc(C(C)(C)C)cc3)ccc(-c3ccc(C(C)(C)C)cc3)c2n1)C(=O)OCC. The highest BCUT2D eigenvalue weighted by Crippen LogP contribution is 2.36. The molecule has 0 aliphatic heterocycles. The third kappa shape index (κ3) is 8.62. The lowest BCUT2D eigenvalue weighted by molar-refractivity contribution is -0.161. The van der Waals surface area contributed by atoms with Crippen LogP contribution in [0, 0.1) is 5.92 Å². The monoisotopic (exact) mass is 625 g/mol. The van der Waals surface area contributed by atoms with Crippen molar-refractivity contribution < 1.29 is 19.1 Å². The molecule has 7 heteroatoms. The van der Waals surface area contributed by atoms with Gasteiger partial charge in [-0.1, -0.05) is 121 Å². The zero-order valence-corrected chi connectivity index (χ0v) is 29.0. The van der Waals surface area contributed by atoms with Crippen LogP contribution in [0.5, 0.6) is 0 Å². The van der Waals surface area contributed by atoms with Crippen molar-refractivity contribution in [3.63, 3.8) is 0 Å². The molecule has 3 aromatic carbocycles. The van der Waals surface area contributed by atoms with Crippen LogP contribution in [0.25, 0.3) is 33.3 Å². The summed E-state index contributed by atoms with van der Waals surface area (Å²) in [6.45, 7) is 18.0. The van der Waals surface area contributed by atoms with E-state index in [1.807, 2.05) is 4.80 Å². The van der Waals surface area contributed by atoms with E-state index >= 15 is 0 Å². The summed E-state index contributed by atoms with van der Waals surface area (Å²) in [5.41, 5.74) is 8.93. The number of rotatable bonds is 13. The molecule has 0 unspecified atom stereocenters. The van der Waals surface area contributed by atoms with Crippen LogP contribution in [-0.4, -0.2) is 40.1 Å². The Hall–Kier alpha value is -4.00. The van der Waals surface area contributed by atoms with Crippen LogP contribution in [0.3, 0.4) is 0 Å². The maximum Gasteiger partial charge on any atom is 0.320 e. The number of aryl methyl sites for hydroxylation is 1. The number of nitrogens with zero attached hydrogens (tertiary/aromatic N) is 3. The summed E-state index contributed by atoms with van der Waals surface area (Å²) < 4.78 is 10.2. The van der Waals surface area contributed by atoms with Gasteiger partial charge in [-0.15, -0.1) is 0 Å². The summed E-state index contributed by atoms with van der Waals surface area (Å²) in [6.07, 6.45) is 3.86. The molecule has 0 spiro atoms. The number of unbranched alkanes of at least 4 members (excludes halogenated alkanes) is 3. The van der Waals surface area contributed by atoms with Crippen molar-refractivity contribution in [1.29, 1.82) is 0 Å². The number of aromatic nitrogens is 3. The van der Waals surface area contributed by atoms with E-state index in [-0.39, 0.29) is 24.0 Å². The van der Waals surface area contributed by atoms with Crippen LogP contribution >= 0.6 is 0 Å². The fraction of sp³-hybridized carbons (Fsp3) is 0.487. The van der Waals surface area contributed by atoms with E-state index in [4.69, 9.17) is 19.7 Å². The molecular formula is C39H51N3O4. The number of fused-ring (bicyclic) bond motifs is 1. The van der Waals surface area contributed by atoms with Crippen LogP contribution in [0.2, 0.25) is 0 Å². The summed E-state index contributed by atoms with van der Waals surface area (Å²) in [5, 5.41) is 10.0. The number of esters is 2. The second-order valence-electron chi connectivity index (χ2n) is 14.1. The minimum Gasteiger partial charge on any atom is -0.465 e. The van der Waals surface area contributed by atoms with Crippen molar-refractivity contribution >= 4 is 23.0 Å².